The van der Waals surface area contributed by atoms with Crippen molar-refractivity contribution in [2.24, 2.45) is 4.99 Å². The number of nitrogens with one attached hydrogen (secondary N) is 2. The molecule has 0 amide bonds. The molecule has 0 radical (unpaired) electrons. The summed E-state index contributed by atoms with van der Waals surface area (Å²) in [5.41, 5.74) is 2.45. The predicted octanol–water partition coefficient (Wildman–Crippen LogP) is 4.14. The summed E-state index contributed by atoms with van der Waals surface area (Å²) in [4.78, 5) is 11.5. The van der Waals surface area contributed by atoms with E-state index in [4.69, 9.17) is 0 Å². The lowest BCUT2D eigenvalue weighted by molar-refractivity contribution is 0.487. The number of aromatic amines is 1. The second-order valence-corrected chi connectivity index (χ2v) is 6.89. The van der Waals surface area contributed by atoms with E-state index in [1.54, 1.807) is 0 Å². The zero-order valence-electron chi connectivity index (χ0n) is 14.7. The molecule has 4 nitrogen and oxygen atoms in total. The lowest BCUT2D eigenvalue weighted by atomic mass is 10.2. The van der Waals surface area contributed by atoms with Crippen LogP contribution in [0.4, 0.5) is 0 Å². The molecule has 0 saturated carbocycles. The van der Waals surface area contributed by atoms with E-state index >= 15 is 0 Å². The maximum atomic E-state index is 4.39. The van der Waals surface area contributed by atoms with E-state index < -0.39 is 0 Å². The topological polar surface area (TPSA) is 43.4 Å². The first-order chi connectivity index (χ1) is 11.8. The van der Waals surface area contributed by atoms with Gasteiger partial charge in [-0.25, -0.2) is 0 Å². The van der Waals surface area contributed by atoms with E-state index in [9.17, 15) is 0 Å². The van der Waals surface area contributed by atoms with Crippen molar-refractivity contribution < 1.29 is 0 Å². The zero-order valence-corrected chi connectivity index (χ0v) is 17.8. The average molecular weight is 468 g/mol. The third kappa shape index (κ3) is 5.47. The normalized spacial score (nSPS) is 11.4. The molecular formula is C19H25IN4S. The molecule has 0 aliphatic heterocycles. The summed E-state index contributed by atoms with van der Waals surface area (Å²) in [5, 5.41) is 6.85. The summed E-state index contributed by atoms with van der Waals surface area (Å²) in [7, 11) is 3.93. The highest BCUT2D eigenvalue weighted by Crippen LogP contribution is 2.14. The van der Waals surface area contributed by atoms with E-state index in [2.05, 4.69) is 75.1 Å². The third-order valence-electron chi connectivity index (χ3n) is 4.11. The SMILES string of the molecule is CN=C(NCCc1cc2ccccc2[nH]1)N(C)CCc1cccs1.I. The number of likely N-dealkylation sites (N-methyl/N-ethyl adjacent to an activating group) is 1. The largest absolute Gasteiger partial charge is 0.358 e. The Morgan fingerprint density at radius 1 is 1.20 bits per heavy atom. The molecule has 2 N–H and O–H groups in total. The number of thiophene rings is 1. The number of hydrogen-bond acceptors (Lipinski definition) is 2. The molecule has 25 heavy (non-hydrogen) atoms. The van der Waals surface area contributed by atoms with Crippen molar-refractivity contribution in [2.45, 2.75) is 12.8 Å². The molecule has 2 aromatic heterocycles. The fourth-order valence-electron chi connectivity index (χ4n) is 2.80. The summed E-state index contributed by atoms with van der Waals surface area (Å²) in [6.07, 6.45) is 2.00. The van der Waals surface area contributed by atoms with Gasteiger partial charge in [0.15, 0.2) is 5.96 Å². The van der Waals surface area contributed by atoms with Crippen LogP contribution < -0.4 is 5.32 Å². The number of H-pyrrole nitrogens is 1. The number of guanidine groups is 1. The summed E-state index contributed by atoms with van der Waals surface area (Å²) >= 11 is 1.81. The molecule has 1 aromatic carbocycles. The Labute approximate surface area is 170 Å². The highest BCUT2D eigenvalue weighted by Gasteiger charge is 2.06. The first-order valence-electron chi connectivity index (χ1n) is 8.27. The van der Waals surface area contributed by atoms with Gasteiger partial charge in [-0.3, -0.25) is 4.99 Å². The summed E-state index contributed by atoms with van der Waals surface area (Å²) in [5.74, 6) is 0.947. The minimum Gasteiger partial charge on any atom is -0.358 e. The van der Waals surface area contributed by atoms with E-state index in [0.717, 1.165) is 31.9 Å². The van der Waals surface area contributed by atoms with Crippen LogP contribution in [0.25, 0.3) is 10.9 Å². The Morgan fingerprint density at radius 3 is 2.76 bits per heavy atom. The third-order valence-corrected chi connectivity index (χ3v) is 5.05. The van der Waals surface area contributed by atoms with Gasteiger partial charge in [-0.2, -0.15) is 0 Å². The zero-order chi connectivity index (χ0) is 16.8. The molecule has 0 aliphatic rings. The molecule has 0 saturated heterocycles. The molecule has 3 rings (SSSR count). The fraction of sp³-hybridized carbons (Fsp3) is 0.316. The van der Waals surface area contributed by atoms with E-state index in [1.165, 1.54) is 21.5 Å². The van der Waals surface area contributed by atoms with E-state index in [-0.39, 0.29) is 24.0 Å². The van der Waals surface area contributed by atoms with Crippen molar-refractivity contribution >= 4 is 52.2 Å². The van der Waals surface area contributed by atoms with Crippen LogP contribution >= 0.6 is 35.3 Å². The summed E-state index contributed by atoms with van der Waals surface area (Å²) in [6.45, 7) is 1.83. The van der Waals surface area contributed by atoms with Crippen LogP contribution in [-0.4, -0.2) is 43.0 Å². The first-order valence-corrected chi connectivity index (χ1v) is 9.15. The van der Waals surface area contributed by atoms with Gasteiger partial charge in [0.2, 0.25) is 0 Å². The summed E-state index contributed by atoms with van der Waals surface area (Å²) in [6, 6.07) is 14.9. The lowest BCUT2D eigenvalue weighted by Gasteiger charge is -2.21. The molecule has 0 unspecified atom stereocenters. The number of aromatic nitrogens is 1. The van der Waals surface area contributed by atoms with E-state index in [1.807, 2.05) is 18.4 Å². The van der Waals surface area contributed by atoms with Gasteiger partial charge in [-0.15, -0.1) is 35.3 Å². The van der Waals surface area contributed by atoms with Gasteiger partial charge in [-0.1, -0.05) is 24.3 Å². The number of halogens is 1. The molecule has 0 atom stereocenters. The van der Waals surface area contributed by atoms with Crippen LogP contribution in [-0.2, 0) is 12.8 Å². The van der Waals surface area contributed by atoms with Crippen molar-refractivity contribution in [1.29, 1.82) is 0 Å². The van der Waals surface area contributed by atoms with Crippen molar-refractivity contribution in [1.82, 2.24) is 15.2 Å². The Morgan fingerprint density at radius 2 is 2.04 bits per heavy atom. The van der Waals surface area contributed by atoms with Crippen LogP contribution in [0.5, 0.6) is 0 Å². The smallest absolute Gasteiger partial charge is 0.193 e. The molecule has 0 bridgehead atoms. The summed E-state index contributed by atoms with van der Waals surface area (Å²) < 4.78 is 0. The number of hydrogen-bond donors (Lipinski definition) is 2. The number of rotatable bonds is 6. The van der Waals surface area contributed by atoms with Crippen LogP contribution in [0.3, 0.4) is 0 Å². The van der Waals surface area contributed by atoms with Crippen LogP contribution in [0.2, 0.25) is 0 Å². The minimum atomic E-state index is 0. The molecule has 134 valence electrons. The highest BCUT2D eigenvalue weighted by atomic mass is 127. The van der Waals surface area contributed by atoms with Crippen LogP contribution in [0.15, 0.2) is 52.8 Å². The van der Waals surface area contributed by atoms with Gasteiger partial charge in [0.1, 0.15) is 0 Å². The Bertz CT molecular complexity index is 762. The van der Waals surface area contributed by atoms with Crippen LogP contribution in [0.1, 0.15) is 10.6 Å². The van der Waals surface area contributed by atoms with E-state index in [0.29, 0.717) is 0 Å². The van der Waals surface area contributed by atoms with Gasteiger partial charge in [0.05, 0.1) is 0 Å². The second kappa shape index (κ2) is 9.82. The Hall–Kier alpha value is -1.54. The van der Waals surface area contributed by atoms with Crippen molar-refractivity contribution in [3.05, 3.63) is 58.4 Å². The minimum absolute atomic E-state index is 0. The highest BCUT2D eigenvalue weighted by molar-refractivity contribution is 14.0. The lowest BCUT2D eigenvalue weighted by Crippen LogP contribution is -2.40. The Balaban J connectivity index is 0.00000225. The Kier molecular flexibility index (Phi) is 7.77. The monoisotopic (exact) mass is 468 g/mol. The standard InChI is InChI=1S/C19H24N4S.HI/c1-20-19(23(2)12-10-17-7-5-13-24-17)21-11-9-16-14-15-6-3-4-8-18(15)22-16;/h3-8,13-14,22H,9-12H2,1-2H3,(H,20,21);1H. The maximum absolute atomic E-state index is 4.39. The maximum Gasteiger partial charge on any atom is 0.193 e. The fourth-order valence-corrected chi connectivity index (χ4v) is 3.50. The number of nitrogens with zero attached hydrogens (tertiary/aromatic N) is 2. The van der Waals surface area contributed by atoms with Gasteiger partial charge in [0, 0.05) is 49.7 Å². The number of para-hydroxylation sites is 1. The molecular weight excluding hydrogens is 443 g/mol. The predicted molar refractivity (Wildman–Crippen MR) is 119 cm³/mol. The first kappa shape index (κ1) is 19.8. The van der Waals surface area contributed by atoms with Crippen molar-refractivity contribution in [3.8, 4) is 0 Å². The molecule has 6 heteroatoms. The van der Waals surface area contributed by atoms with Crippen molar-refractivity contribution in [2.75, 3.05) is 27.2 Å². The van der Waals surface area contributed by atoms with Gasteiger partial charge in [0.25, 0.3) is 0 Å². The average Bonchev–Trinajstić information content (AvgIpc) is 3.25. The molecule has 0 spiro atoms. The second-order valence-electron chi connectivity index (χ2n) is 5.86. The quantitative estimate of drug-likeness (QED) is 0.325. The number of fused-ring (bicyclic) bond motifs is 1. The van der Waals surface area contributed by atoms with Gasteiger partial charge < -0.3 is 15.2 Å². The van der Waals surface area contributed by atoms with Crippen molar-refractivity contribution in [3.63, 3.8) is 0 Å². The number of benzene rings is 1. The molecule has 0 fully saturated rings. The van der Waals surface area contributed by atoms with Crippen LogP contribution in [0, 0.1) is 0 Å². The molecule has 2 heterocycles. The molecule has 3 aromatic rings. The number of aliphatic imine (C=N–C) groups is 1. The van der Waals surface area contributed by atoms with Gasteiger partial charge >= 0.3 is 0 Å². The van der Waals surface area contributed by atoms with Gasteiger partial charge in [-0.05, 0) is 35.4 Å². The molecule has 0 aliphatic carbocycles.